The van der Waals surface area contributed by atoms with Gasteiger partial charge in [-0.2, -0.15) is 12.7 Å². The van der Waals surface area contributed by atoms with E-state index in [1.807, 2.05) is 0 Å². The van der Waals surface area contributed by atoms with Crippen LogP contribution >= 0.6 is 0 Å². The van der Waals surface area contributed by atoms with Crippen molar-refractivity contribution in [3.05, 3.63) is 24.3 Å². The highest BCUT2D eigenvalue weighted by Gasteiger charge is 2.28. The topological polar surface area (TPSA) is 110 Å². The van der Waals surface area contributed by atoms with E-state index in [2.05, 4.69) is 0 Å². The summed E-state index contributed by atoms with van der Waals surface area (Å²) in [4.78, 5) is -0.259. The van der Waals surface area contributed by atoms with E-state index >= 15 is 0 Å². The van der Waals surface area contributed by atoms with Crippen molar-refractivity contribution in [2.45, 2.75) is 18.7 Å². The van der Waals surface area contributed by atoms with Gasteiger partial charge in [0, 0.05) is 13.1 Å². The molecule has 108 valence electrons. The summed E-state index contributed by atoms with van der Waals surface area (Å²) >= 11 is 0. The molecule has 0 unspecified atom stereocenters. The lowest BCUT2D eigenvalue weighted by Gasteiger charge is -2.19. The third kappa shape index (κ3) is 3.66. The molecule has 3 N–H and O–H groups in total. The summed E-state index contributed by atoms with van der Waals surface area (Å²) in [5.74, 6) is 0. The number of benzene rings is 1. The molecule has 0 amide bonds. The summed E-state index contributed by atoms with van der Waals surface area (Å²) in [6, 6.07) is 5.66. The molecular weight excluding hydrogens is 290 g/mol. The number of anilines is 1. The minimum Gasteiger partial charge on any atom is -0.398 e. The average molecular weight is 307 g/mol. The predicted molar refractivity (Wildman–Crippen MR) is 73.0 cm³/mol. The van der Waals surface area contributed by atoms with Crippen molar-refractivity contribution >= 4 is 25.9 Å². The summed E-state index contributed by atoms with van der Waals surface area (Å²) < 4.78 is 50.5. The summed E-state index contributed by atoms with van der Waals surface area (Å²) in [6.07, 6.45) is 0. The van der Waals surface area contributed by atoms with E-state index in [9.17, 15) is 16.8 Å². The first kappa shape index (κ1) is 15.9. The first-order valence-electron chi connectivity index (χ1n) is 5.62. The Labute approximate surface area is 113 Å². The molecule has 0 aliphatic rings. The Morgan fingerprint density at radius 3 is 2.11 bits per heavy atom. The van der Waals surface area contributed by atoms with Crippen LogP contribution in [0, 0.1) is 0 Å². The molecular formula is C10H17N3O4S2. The average Bonchev–Trinajstić information content (AvgIpc) is 2.28. The maximum absolute atomic E-state index is 12.0. The Morgan fingerprint density at radius 1 is 1.11 bits per heavy atom. The molecule has 1 aromatic rings. The molecule has 0 radical (unpaired) electrons. The van der Waals surface area contributed by atoms with Gasteiger partial charge in [-0.3, -0.25) is 0 Å². The van der Waals surface area contributed by atoms with Crippen molar-refractivity contribution in [2.75, 3.05) is 18.8 Å². The molecule has 7 nitrogen and oxygen atoms in total. The number of rotatable bonds is 6. The number of para-hydroxylation sites is 1. The smallest absolute Gasteiger partial charge is 0.292 e. The van der Waals surface area contributed by atoms with Crippen molar-refractivity contribution in [1.29, 1.82) is 0 Å². The fourth-order valence-electron chi connectivity index (χ4n) is 1.53. The third-order valence-electron chi connectivity index (χ3n) is 2.47. The van der Waals surface area contributed by atoms with E-state index in [4.69, 9.17) is 5.73 Å². The van der Waals surface area contributed by atoms with E-state index < -0.39 is 20.2 Å². The molecule has 0 saturated heterocycles. The van der Waals surface area contributed by atoms with E-state index in [0.717, 1.165) is 4.31 Å². The van der Waals surface area contributed by atoms with Crippen molar-refractivity contribution in [1.82, 2.24) is 8.43 Å². The largest absolute Gasteiger partial charge is 0.398 e. The number of nitrogens with one attached hydrogen (secondary N) is 1. The fraction of sp³-hybridized carbons (Fsp3) is 0.400. The number of hydrogen-bond donors (Lipinski definition) is 2. The molecule has 9 heteroatoms. The van der Waals surface area contributed by atoms with Crippen molar-refractivity contribution < 1.29 is 16.8 Å². The molecule has 1 rings (SSSR count). The fourth-order valence-corrected chi connectivity index (χ4v) is 4.73. The van der Waals surface area contributed by atoms with Gasteiger partial charge in [0.1, 0.15) is 4.90 Å². The zero-order valence-electron chi connectivity index (χ0n) is 10.7. The second kappa shape index (κ2) is 5.87. The quantitative estimate of drug-likeness (QED) is 0.726. The lowest BCUT2D eigenvalue weighted by atomic mass is 10.3. The van der Waals surface area contributed by atoms with Gasteiger partial charge < -0.3 is 5.73 Å². The van der Waals surface area contributed by atoms with E-state index in [0.29, 0.717) is 0 Å². The van der Waals surface area contributed by atoms with E-state index in [1.54, 1.807) is 24.0 Å². The van der Waals surface area contributed by atoms with Gasteiger partial charge in [0.2, 0.25) is 0 Å². The van der Waals surface area contributed by atoms with Crippen LogP contribution in [0.3, 0.4) is 0 Å². The van der Waals surface area contributed by atoms with Gasteiger partial charge in [0.05, 0.1) is 5.69 Å². The number of sulfonamides is 1. The number of hydrogen-bond acceptors (Lipinski definition) is 5. The summed E-state index contributed by atoms with van der Waals surface area (Å²) in [7, 11) is -8.32. The van der Waals surface area contributed by atoms with Crippen molar-refractivity contribution in [2.24, 2.45) is 0 Å². The normalized spacial score (nSPS) is 12.8. The van der Waals surface area contributed by atoms with Gasteiger partial charge in [0.25, 0.3) is 20.2 Å². The summed E-state index contributed by atoms with van der Waals surface area (Å²) in [5.41, 5.74) is 5.53. The first-order valence-corrected chi connectivity index (χ1v) is 8.55. The Morgan fingerprint density at radius 2 is 1.63 bits per heavy atom. The minimum atomic E-state index is -4.22. The maximum Gasteiger partial charge on any atom is 0.292 e. The molecule has 19 heavy (non-hydrogen) atoms. The van der Waals surface area contributed by atoms with Crippen molar-refractivity contribution in [3.63, 3.8) is 0 Å². The maximum atomic E-state index is 12.0. The van der Waals surface area contributed by atoms with Crippen LogP contribution in [0.15, 0.2) is 29.2 Å². The molecule has 0 aromatic heterocycles. The van der Waals surface area contributed by atoms with Crippen LogP contribution in [0.1, 0.15) is 13.8 Å². The Hall–Kier alpha value is -1.16. The zero-order valence-corrected chi connectivity index (χ0v) is 12.3. The van der Waals surface area contributed by atoms with Gasteiger partial charge in [-0.05, 0) is 12.1 Å². The molecule has 0 fully saturated rings. The molecule has 0 aliphatic carbocycles. The van der Waals surface area contributed by atoms with Crippen LogP contribution in [0.2, 0.25) is 0 Å². The molecule has 0 saturated carbocycles. The molecule has 0 atom stereocenters. The van der Waals surface area contributed by atoms with Gasteiger partial charge >= 0.3 is 0 Å². The highest BCUT2D eigenvalue weighted by Crippen LogP contribution is 2.17. The van der Waals surface area contributed by atoms with Crippen molar-refractivity contribution in [3.8, 4) is 0 Å². The van der Waals surface area contributed by atoms with Crippen LogP contribution < -0.4 is 9.86 Å². The molecule has 0 heterocycles. The standard InChI is InChI=1S/C10H17N3O4S2/c1-3-13(4-2)19(16,17)12-18(14,15)10-8-6-5-7-9(10)11/h5-8,12H,3-4,11H2,1-2H3. The van der Waals surface area contributed by atoms with Crippen LogP contribution in [0.4, 0.5) is 5.69 Å². The van der Waals surface area contributed by atoms with Crippen LogP contribution in [0.5, 0.6) is 0 Å². The summed E-state index contributed by atoms with van der Waals surface area (Å²) in [6.45, 7) is 3.58. The Balaban J connectivity index is 3.15. The van der Waals surface area contributed by atoms with Gasteiger partial charge in [-0.1, -0.05) is 30.1 Å². The highest BCUT2D eigenvalue weighted by molar-refractivity contribution is 8.03. The second-order valence-corrected chi connectivity index (χ2v) is 7.29. The highest BCUT2D eigenvalue weighted by atomic mass is 32.3. The van der Waals surface area contributed by atoms with E-state index in [1.165, 1.54) is 18.2 Å². The predicted octanol–water partition coefficient (Wildman–Crippen LogP) is 0.134. The first-order chi connectivity index (χ1) is 8.74. The van der Waals surface area contributed by atoms with Crippen LogP contribution in [0.25, 0.3) is 0 Å². The lowest BCUT2D eigenvalue weighted by molar-refractivity contribution is 0.441. The number of nitrogen functional groups attached to an aromatic ring is 1. The van der Waals surface area contributed by atoms with Gasteiger partial charge in [-0.15, -0.1) is 0 Å². The second-order valence-electron chi connectivity index (χ2n) is 3.71. The number of nitrogens with zero attached hydrogens (tertiary/aromatic N) is 1. The molecule has 1 aromatic carbocycles. The lowest BCUT2D eigenvalue weighted by Crippen LogP contribution is -2.43. The van der Waals surface area contributed by atoms with Gasteiger partial charge in [-0.25, -0.2) is 8.42 Å². The SMILES string of the molecule is CCN(CC)S(=O)(=O)NS(=O)(=O)c1ccccc1N. The molecule has 0 aliphatic heterocycles. The van der Waals surface area contributed by atoms with Crippen LogP contribution in [-0.2, 0) is 20.2 Å². The van der Waals surface area contributed by atoms with E-state index in [-0.39, 0.29) is 23.7 Å². The molecule has 0 bridgehead atoms. The minimum absolute atomic E-state index is 0.00949. The third-order valence-corrected chi connectivity index (χ3v) is 6.34. The van der Waals surface area contributed by atoms with Gasteiger partial charge in [0.15, 0.2) is 0 Å². The number of nitrogens with two attached hydrogens (primary N) is 1. The Bertz CT molecular complexity index is 636. The van der Waals surface area contributed by atoms with Crippen LogP contribution in [-0.4, -0.2) is 34.2 Å². The molecule has 0 spiro atoms. The zero-order chi connectivity index (χ0) is 14.7. The monoisotopic (exact) mass is 307 g/mol. The Kier molecular flexibility index (Phi) is 4.91. The summed E-state index contributed by atoms with van der Waals surface area (Å²) in [5, 5.41) is 0.